The molecule has 0 aliphatic carbocycles. The molecule has 4 aromatic heterocycles. The third-order valence-electron chi connectivity index (χ3n) is 10.6. The molecule has 0 unspecified atom stereocenters. The molecule has 0 amide bonds. The topological polar surface area (TPSA) is 52.6 Å². The van der Waals surface area contributed by atoms with Gasteiger partial charge in [-0.15, -0.1) is 0 Å². The van der Waals surface area contributed by atoms with Crippen LogP contribution >= 0.6 is 0 Å². The van der Waals surface area contributed by atoms with Crippen LogP contribution in [0.4, 0.5) is 0 Å². The molecule has 0 radical (unpaired) electrons. The van der Waals surface area contributed by atoms with E-state index in [4.69, 9.17) is 17.7 Å². The van der Waals surface area contributed by atoms with E-state index < -0.39 is 0 Å². The van der Waals surface area contributed by atoms with Crippen LogP contribution in [0, 0.1) is 0 Å². The molecular formula is C46H24O4. The van der Waals surface area contributed by atoms with Gasteiger partial charge in [-0.1, -0.05) is 97.1 Å². The molecule has 0 aliphatic heterocycles. The molecule has 8 aromatic carbocycles. The summed E-state index contributed by atoms with van der Waals surface area (Å²) >= 11 is 0. The van der Waals surface area contributed by atoms with Gasteiger partial charge in [-0.3, -0.25) is 0 Å². The highest BCUT2D eigenvalue weighted by molar-refractivity contribution is 6.30. The van der Waals surface area contributed by atoms with E-state index in [1.165, 1.54) is 16.3 Å². The van der Waals surface area contributed by atoms with Crippen molar-refractivity contribution in [3.8, 4) is 22.3 Å². The van der Waals surface area contributed by atoms with Crippen LogP contribution in [-0.2, 0) is 0 Å². The van der Waals surface area contributed by atoms with Gasteiger partial charge in [0, 0.05) is 38.1 Å². The Morgan fingerprint density at radius 2 is 0.840 bits per heavy atom. The lowest BCUT2D eigenvalue weighted by Crippen LogP contribution is -1.91. The first-order valence-corrected chi connectivity index (χ1v) is 16.8. The Bertz CT molecular complexity index is 3330. The molecule has 4 heterocycles. The van der Waals surface area contributed by atoms with Gasteiger partial charge in [0.1, 0.15) is 39.1 Å². The van der Waals surface area contributed by atoms with Gasteiger partial charge in [-0.05, 0) is 75.1 Å². The lowest BCUT2D eigenvalue weighted by atomic mass is 9.84. The minimum absolute atomic E-state index is 0.818. The van der Waals surface area contributed by atoms with Gasteiger partial charge in [-0.25, -0.2) is 0 Å². The van der Waals surface area contributed by atoms with Crippen molar-refractivity contribution in [1.29, 1.82) is 0 Å². The smallest absolute Gasteiger partial charge is 0.147 e. The number of fused-ring (bicyclic) bond motifs is 14. The molecule has 50 heavy (non-hydrogen) atoms. The Morgan fingerprint density at radius 1 is 0.300 bits per heavy atom. The van der Waals surface area contributed by atoms with E-state index in [9.17, 15) is 0 Å². The molecular weight excluding hydrogens is 617 g/mol. The van der Waals surface area contributed by atoms with Crippen molar-refractivity contribution < 1.29 is 17.7 Å². The standard InChI is InChI=1S/C46H24O4/c1-3-11-28-26(9-1)39(31-14-8-18-36-41(31)34-20-22-37-42(46(34)50-36)30-13-5-6-17-35(30)48-37)27-10-2-4-12-29(27)40(28)32-15-7-16-33-43-38(49-45(32)33)21-19-25-23-24-47-44(25)43/h1-24H. The van der Waals surface area contributed by atoms with Crippen molar-refractivity contribution in [2.24, 2.45) is 0 Å². The summed E-state index contributed by atoms with van der Waals surface area (Å²) in [6, 6.07) is 48.8. The number of para-hydroxylation sites is 2. The Kier molecular flexibility index (Phi) is 4.94. The number of benzene rings is 8. The molecule has 0 saturated carbocycles. The van der Waals surface area contributed by atoms with Crippen LogP contribution in [0.5, 0.6) is 0 Å². The fourth-order valence-electron chi connectivity index (χ4n) is 8.51. The Labute approximate surface area is 283 Å². The molecule has 4 nitrogen and oxygen atoms in total. The highest BCUT2D eigenvalue weighted by Crippen LogP contribution is 2.50. The summed E-state index contributed by atoms with van der Waals surface area (Å²) in [7, 11) is 0. The highest BCUT2D eigenvalue weighted by atomic mass is 16.4. The van der Waals surface area contributed by atoms with Crippen molar-refractivity contribution in [1.82, 2.24) is 0 Å². The largest absolute Gasteiger partial charge is 0.464 e. The van der Waals surface area contributed by atoms with Crippen LogP contribution in [0.2, 0.25) is 0 Å². The van der Waals surface area contributed by atoms with E-state index in [2.05, 4.69) is 109 Å². The van der Waals surface area contributed by atoms with E-state index in [0.29, 0.717) is 0 Å². The van der Waals surface area contributed by atoms with Crippen LogP contribution < -0.4 is 0 Å². The van der Waals surface area contributed by atoms with Gasteiger partial charge in [0.05, 0.1) is 17.0 Å². The Balaban J connectivity index is 1.21. The third-order valence-corrected chi connectivity index (χ3v) is 10.6. The molecule has 0 atom stereocenters. The van der Waals surface area contributed by atoms with Crippen molar-refractivity contribution in [2.45, 2.75) is 0 Å². The van der Waals surface area contributed by atoms with Crippen LogP contribution in [0.25, 0.3) is 121 Å². The summed E-state index contributed by atoms with van der Waals surface area (Å²) in [6.07, 6.45) is 1.75. The maximum atomic E-state index is 6.73. The van der Waals surface area contributed by atoms with Crippen molar-refractivity contribution >= 4 is 98.3 Å². The van der Waals surface area contributed by atoms with E-state index in [-0.39, 0.29) is 0 Å². The first-order valence-electron chi connectivity index (χ1n) is 16.8. The van der Waals surface area contributed by atoms with Crippen LogP contribution in [-0.4, -0.2) is 0 Å². The Hall–Kier alpha value is -6.78. The first kappa shape index (κ1) is 26.2. The van der Waals surface area contributed by atoms with Crippen LogP contribution in [0.15, 0.2) is 163 Å². The van der Waals surface area contributed by atoms with Crippen molar-refractivity contribution in [3.05, 3.63) is 146 Å². The maximum Gasteiger partial charge on any atom is 0.147 e. The van der Waals surface area contributed by atoms with Gasteiger partial charge in [-0.2, -0.15) is 0 Å². The van der Waals surface area contributed by atoms with E-state index in [1.54, 1.807) is 6.26 Å². The predicted octanol–water partition coefficient (Wildman–Crippen LogP) is 13.8. The second-order valence-corrected chi connectivity index (χ2v) is 13.1. The normalized spacial score (nSPS) is 12.4. The second-order valence-electron chi connectivity index (χ2n) is 13.1. The summed E-state index contributed by atoms with van der Waals surface area (Å²) in [6.45, 7) is 0. The highest BCUT2D eigenvalue weighted by Gasteiger charge is 2.24. The minimum Gasteiger partial charge on any atom is -0.464 e. The zero-order valence-corrected chi connectivity index (χ0v) is 26.5. The van der Waals surface area contributed by atoms with Gasteiger partial charge >= 0.3 is 0 Å². The zero-order chi connectivity index (χ0) is 32.5. The summed E-state index contributed by atoms with van der Waals surface area (Å²) in [4.78, 5) is 0. The summed E-state index contributed by atoms with van der Waals surface area (Å²) in [5.74, 6) is 0. The SMILES string of the molecule is c1ccc2c(c1)oc1ccc3c(oc4cccc(-c5c6ccccc6c(-c6cccc7c6oc6ccc8ccoc8c67)c6ccccc56)c43)c12. The minimum atomic E-state index is 0.818. The molecule has 0 N–H and O–H groups in total. The zero-order valence-electron chi connectivity index (χ0n) is 26.5. The van der Waals surface area contributed by atoms with Gasteiger partial charge < -0.3 is 17.7 Å². The molecule has 0 bridgehead atoms. The molecule has 12 aromatic rings. The van der Waals surface area contributed by atoms with Gasteiger partial charge in [0.25, 0.3) is 0 Å². The molecule has 0 saturated heterocycles. The van der Waals surface area contributed by atoms with E-state index >= 15 is 0 Å². The van der Waals surface area contributed by atoms with Crippen molar-refractivity contribution in [3.63, 3.8) is 0 Å². The lowest BCUT2D eigenvalue weighted by molar-refractivity contribution is 0.618. The predicted molar refractivity (Wildman–Crippen MR) is 204 cm³/mol. The monoisotopic (exact) mass is 640 g/mol. The molecule has 232 valence electrons. The molecule has 0 spiro atoms. The number of hydrogen-bond donors (Lipinski definition) is 0. The first-order chi connectivity index (χ1) is 24.8. The summed E-state index contributed by atoms with van der Waals surface area (Å²) < 4.78 is 25.6. The average Bonchev–Trinajstić information content (AvgIpc) is 3.95. The maximum absolute atomic E-state index is 6.73. The number of furan rings is 4. The third kappa shape index (κ3) is 3.30. The van der Waals surface area contributed by atoms with Crippen LogP contribution in [0.1, 0.15) is 0 Å². The number of hydrogen-bond acceptors (Lipinski definition) is 4. The van der Waals surface area contributed by atoms with E-state index in [1.807, 2.05) is 30.3 Å². The van der Waals surface area contributed by atoms with Crippen LogP contribution in [0.3, 0.4) is 0 Å². The Morgan fingerprint density at radius 3 is 1.64 bits per heavy atom. The number of rotatable bonds is 2. The lowest BCUT2D eigenvalue weighted by Gasteiger charge is -2.18. The van der Waals surface area contributed by atoms with Crippen molar-refractivity contribution in [2.75, 3.05) is 0 Å². The molecule has 4 heteroatoms. The van der Waals surface area contributed by atoms with E-state index in [0.717, 1.165) is 104 Å². The molecule has 0 fully saturated rings. The molecule has 12 rings (SSSR count). The van der Waals surface area contributed by atoms with Gasteiger partial charge in [0.2, 0.25) is 0 Å². The summed E-state index contributed by atoms with van der Waals surface area (Å²) in [5.41, 5.74) is 10.4. The fraction of sp³-hybridized carbons (Fsp3) is 0. The quantitative estimate of drug-likeness (QED) is 0.176. The summed E-state index contributed by atoms with van der Waals surface area (Å²) in [5, 5.41) is 12.0. The second kappa shape index (κ2) is 9.43. The fourth-order valence-corrected chi connectivity index (χ4v) is 8.51. The molecule has 0 aliphatic rings. The van der Waals surface area contributed by atoms with Gasteiger partial charge in [0.15, 0.2) is 0 Å². The average molecular weight is 641 g/mol.